The number of para-hydroxylation sites is 1. The van der Waals surface area contributed by atoms with E-state index in [1.807, 2.05) is 31.2 Å². The number of nitrogens with zero attached hydrogens (tertiary/aromatic N) is 4. The van der Waals surface area contributed by atoms with Gasteiger partial charge in [-0.3, -0.25) is 4.79 Å². The molecule has 2 aromatic carbocycles. The molecule has 1 amide bonds. The van der Waals surface area contributed by atoms with E-state index in [1.54, 1.807) is 49.1 Å². The van der Waals surface area contributed by atoms with E-state index in [2.05, 4.69) is 10.3 Å². The lowest BCUT2D eigenvalue weighted by Crippen LogP contribution is -2.28. The first-order valence-electron chi connectivity index (χ1n) is 8.55. The van der Waals surface area contributed by atoms with E-state index in [9.17, 15) is 9.59 Å². The zero-order chi connectivity index (χ0) is 19.4. The first-order valence-corrected chi connectivity index (χ1v) is 8.55. The molecule has 138 valence electrons. The lowest BCUT2D eigenvalue weighted by molar-refractivity contribution is 0.0527. The van der Waals surface area contributed by atoms with Crippen molar-refractivity contribution in [3.8, 4) is 5.69 Å². The second-order valence-electron chi connectivity index (χ2n) is 5.99. The van der Waals surface area contributed by atoms with Crippen LogP contribution in [0, 0.1) is 6.92 Å². The van der Waals surface area contributed by atoms with E-state index in [-0.39, 0.29) is 18.2 Å². The summed E-state index contributed by atoms with van der Waals surface area (Å²) in [6, 6.07) is 14.5. The highest BCUT2D eigenvalue weighted by atomic mass is 16.5. The van der Waals surface area contributed by atoms with Crippen molar-refractivity contribution < 1.29 is 14.3 Å². The van der Waals surface area contributed by atoms with Gasteiger partial charge in [-0.15, -0.1) is 5.10 Å². The molecule has 0 aliphatic heterocycles. The van der Waals surface area contributed by atoms with Crippen LogP contribution in [0.1, 0.15) is 33.3 Å². The first kappa shape index (κ1) is 18.3. The summed E-state index contributed by atoms with van der Waals surface area (Å²) in [4.78, 5) is 26.4. The molecule has 7 nitrogen and oxygen atoms in total. The van der Waals surface area contributed by atoms with Crippen molar-refractivity contribution in [2.45, 2.75) is 13.8 Å². The third-order valence-corrected chi connectivity index (χ3v) is 4.04. The predicted octanol–water partition coefficient (Wildman–Crippen LogP) is 3.03. The van der Waals surface area contributed by atoms with Gasteiger partial charge in [-0.2, -0.15) is 0 Å². The first-order chi connectivity index (χ1) is 13.0. The Bertz CT molecular complexity index is 981. The number of anilines is 1. The molecule has 7 heteroatoms. The molecule has 1 aromatic heterocycles. The van der Waals surface area contributed by atoms with Gasteiger partial charge in [0.25, 0.3) is 5.91 Å². The summed E-state index contributed by atoms with van der Waals surface area (Å²) in [5.41, 5.74) is 2.84. The molecule has 0 spiro atoms. The van der Waals surface area contributed by atoms with Crippen LogP contribution in [0.5, 0.6) is 0 Å². The Balaban J connectivity index is 1.88. The fourth-order valence-corrected chi connectivity index (χ4v) is 2.69. The predicted molar refractivity (Wildman–Crippen MR) is 101 cm³/mol. The SMILES string of the molecule is CCOC(=O)c1ccccc1N(C)C(=O)c1cn(-c2cccc(C)c2)nn1. The number of carbonyl (C=O) groups is 2. The molecule has 0 saturated carbocycles. The number of esters is 1. The highest BCUT2D eigenvalue weighted by Gasteiger charge is 2.22. The summed E-state index contributed by atoms with van der Waals surface area (Å²) in [6.07, 6.45) is 1.57. The highest BCUT2D eigenvalue weighted by molar-refractivity contribution is 6.08. The van der Waals surface area contributed by atoms with Crippen molar-refractivity contribution in [2.24, 2.45) is 0 Å². The van der Waals surface area contributed by atoms with Crippen LogP contribution in [0.4, 0.5) is 5.69 Å². The van der Waals surface area contributed by atoms with Crippen LogP contribution in [0.15, 0.2) is 54.7 Å². The van der Waals surface area contributed by atoms with Crippen LogP contribution in [-0.2, 0) is 4.74 Å². The minimum Gasteiger partial charge on any atom is -0.462 e. The minimum atomic E-state index is -0.476. The maximum absolute atomic E-state index is 12.8. The zero-order valence-electron chi connectivity index (χ0n) is 15.4. The molecule has 0 saturated heterocycles. The molecule has 3 aromatic rings. The Morgan fingerprint density at radius 2 is 1.93 bits per heavy atom. The third-order valence-electron chi connectivity index (χ3n) is 4.04. The zero-order valence-corrected chi connectivity index (χ0v) is 15.4. The molecule has 27 heavy (non-hydrogen) atoms. The van der Waals surface area contributed by atoms with Crippen molar-refractivity contribution in [1.29, 1.82) is 0 Å². The Morgan fingerprint density at radius 1 is 1.15 bits per heavy atom. The quantitative estimate of drug-likeness (QED) is 0.651. The van der Waals surface area contributed by atoms with E-state index in [4.69, 9.17) is 4.74 Å². The summed E-state index contributed by atoms with van der Waals surface area (Å²) >= 11 is 0. The van der Waals surface area contributed by atoms with Gasteiger partial charge in [-0.1, -0.05) is 29.5 Å². The Kier molecular flexibility index (Phi) is 5.30. The molecule has 0 radical (unpaired) electrons. The number of carbonyl (C=O) groups excluding carboxylic acids is 2. The van der Waals surface area contributed by atoms with Crippen molar-refractivity contribution in [1.82, 2.24) is 15.0 Å². The Morgan fingerprint density at radius 3 is 2.67 bits per heavy atom. The van der Waals surface area contributed by atoms with Crippen LogP contribution in [0.3, 0.4) is 0 Å². The standard InChI is InChI=1S/C20H20N4O3/c1-4-27-20(26)16-10-5-6-11-18(16)23(3)19(25)17-13-24(22-21-17)15-9-7-8-14(2)12-15/h5-13H,4H2,1-3H3. The number of ether oxygens (including phenoxy) is 1. The van der Waals surface area contributed by atoms with Gasteiger partial charge in [-0.05, 0) is 43.7 Å². The molecular weight excluding hydrogens is 344 g/mol. The van der Waals surface area contributed by atoms with Crippen molar-refractivity contribution in [3.05, 3.63) is 71.5 Å². The van der Waals surface area contributed by atoms with E-state index < -0.39 is 5.97 Å². The Hall–Kier alpha value is -3.48. The normalized spacial score (nSPS) is 10.5. The van der Waals surface area contributed by atoms with Crippen molar-refractivity contribution in [3.63, 3.8) is 0 Å². The summed E-state index contributed by atoms with van der Waals surface area (Å²) < 4.78 is 6.62. The fraction of sp³-hybridized carbons (Fsp3) is 0.200. The second-order valence-corrected chi connectivity index (χ2v) is 5.99. The minimum absolute atomic E-state index is 0.178. The average Bonchev–Trinajstić information content (AvgIpc) is 3.17. The number of hydrogen-bond donors (Lipinski definition) is 0. The van der Waals surface area contributed by atoms with Gasteiger partial charge in [0.1, 0.15) is 0 Å². The molecule has 0 N–H and O–H groups in total. The molecule has 0 aliphatic rings. The molecule has 3 rings (SSSR count). The summed E-state index contributed by atoms with van der Waals surface area (Å²) in [7, 11) is 1.59. The molecule has 0 atom stereocenters. The maximum Gasteiger partial charge on any atom is 0.340 e. The molecule has 0 unspecified atom stereocenters. The van der Waals surface area contributed by atoms with Gasteiger partial charge in [0, 0.05) is 7.05 Å². The molecule has 1 heterocycles. The van der Waals surface area contributed by atoms with Gasteiger partial charge in [-0.25, -0.2) is 9.48 Å². The second kappa shape index (κ2) is 7.82. The number of rotatable bonds is 5. The monoisotopic (exact) mass is 364 g/mol. The number of hydrogen-bond acceptors (Lipinski definition) is 5. The summed E-state index contributed by atoms with van der Waals surface area (Å²) in [5, 5.41) is 8.02. The molecule has 0 fully saturated rings. The summed E-state index contributed by atoms with van der Waals surface area (Å²) in [5.74, 6) is -0.846. The van der Waals surface area contributed by atoms with Crippen LogP contribution in [0.25, 0.3) is 5.69 Å². The average molecular weight is 364 g/mol. The lowest BCUT2D eigenvalue weighted by atomic mass is 10.1. The highest BCUT2D eigenvalue weighted by Crippen LogP contribution is 2.22. The van der Waals surface area contributed by atoms with Crippen molar-refractivity contribution >= 4 is 17.6 Å². The molecular formula is C20H20N4O3. The van der Waals surface area contributed by atoms with Crippen LogP contribution < -0.4 is 4.90 Å². The van der Waals surface area contributed by atoms with E-state index in [0.29, 0.717) is 11.3 Å². The van der Waals surface area contributed by atoms with Gasteiger partial charge < -0.3 is 9.64 Å². The Labute approximate surface area is 157 Å². The van der Waals surface area contributed by atoms with Crippen molar-refractivity contribution in [2.75, 3.05) is 18.6 Å². The van der Waals surface area contributed by atoms with E-state index in [1.165, 1.54) is 4.90 Å². The van der Waals surface area contributed by atoms with E-state index in [0.717, 1.165) is 11.3 Å². The van der Waals surface area contributed by atoms with Gasteiger partial charge >= 0.3 is 5.97 Å². The van der Waals surface area contributed by atoms with E-state index >= 15 is 0 Å². The lowest BCUT2D eigenvalue weighted by Gasteiger charge is -2.18. The van der Waals surface area contributed by atoms with Crippen LogP contribution in [-0.4, -0.2) is 40.5 Å². The maximum atomic E-state index is 12.8. The van der Waals surface area contributed by atoms with Crippen LogP contribution >= 0.6 is 0 Å². The molecule has 0 aliphatic carbocycles. The molecule has 0 bridgehead atoms. The number of aromatic nitrogens is 3. The third kappa shape index (κ3) is 3.87. The van der Waals surface area contributed by atoms with Crippen LogP contribution in [0.2, 0.25) is 0 Å². The van der Waals surface area contributed by atoms with Gasteiger partial charge in [0.15, 0.2) is 5.69 Å². The fourth-order valence-electron chi connectivity index (χ4n) is 2.69. The number of amides is 1. The van der Waals surface area contributed by atoms with Gasteiger partial charge in [0.05, 0.1) is 29.7 Å². The van der Waals surface area contributed by atoms with Gasteiger partial charge in [0.2, 0.25) is 0 Å². The number of benzene rings is 2. The largest absolute Gasteiger partial charge is 0.462 e. The topological polar surface area (TPSA) is 77.3 Å². The smallest absolute Gasteiger partial charge is 0.340 e. The number of aryl methyl sites for hydroxylation is 1. The summed E-state index contributed by atoms with van der Waals surface area (Å²) in [6.45, 7) is 3.97.